The van der Waals surface area contributed by atoms with Gasteiger partial charge in [-0.15, -0.1) is 0 Å². The van der Waals surface area contributed by atoms with Crippen molar-refractivity contribution in [2.24, 2.45) is 0 Å². The Morgan fingerprint density at radius 3 is 2.31 bits per heavy atom. The van der Waals surface area contributed by atoms with E-state index in [1.165, 1.54) is 0 Å². The zero-order valence-electron chi connectivity index (χ0n) is 8.94. The standard InChI is InChI=1S/C9H19NO2Si/c1-5-12-8(11)9(6-7-9)10-13(2,3)4/h10H,5-7H2,1-4H3. The average Bonchev–Trinajstić information content (AvgIpc) is 2.66. The van der Waals surface area contributed by atoms with Crippen LogP contribution in [0.2, 0.25) is 19.6 Å². The maximum atomic E-state index is 11.5. The molecule has 0 amide bonds. The van der Waals surface area contributed by atoms with Gasteiger partial charge in [-0.2, -0.15) is 0 Å². The summed E-state index contributed by atoms with van der Waals surface area (Å²) < 4.78 is 5.04. The summed E-state index contributed by atoms with van der Waals surface area (Å²) in [6, 6.07) is 0. The van der Waals surface area contributed by atoms with Crippen LogP contribution in [0.5, 0.6) is 0 Å². The van der Waals surface area contributed by atoms with Gasteiger partial charge < -0.3 is 9.72 Å². The lowest BCUT2D eigenvalue weighted by atomic mass is 10.3. The van der Waals surface area contributed by atoms with E-state index in [4.69, 9.17) is 4.74 Å². The minimum atomic E-state index is -1.37. The molecule has 0 saturated heterocycles. The first-order valence-electron chi connectivity index (χ1n) is 4.86. The first kappa shape index (κ1) is 10.7. The molecule has 1 saturated carbocycles. The third kappa shape index (κ3) is 2.81. The Kier molecular flexibility index (Phi) is 2.82. The fraction of sp³-hybridized carbons (Fsp3) is 0.889. The minimum Gasteiger partial charge on any atom is -0.465 e. The van der Waals surface area contributed by atoms with Gasteiger partial charge >= 0.3 is 5.97 Å². The van der Waals surface area contributed by atoms with Crippen LogP contribution in [0, 0.1) is 0 Å². The second kappa shape index (κ2) is 3.42. The fourth-order valence-corrected chi connectivity index (χ4v) is 3.28. The van der Waals surface area contributed by atoms with Crippen LogP contribution in [0.4, 0.5) is 0 Å². The van der Waals surface area contributed by atoms with Gasteiger partial charge in [-0.05, 0) is 19.8 Å². The van der Waals surface area contributed by atoms with Crippen molar-refractivity contribution in [1.82, 2.24) is 4.98 Å². The van der Waals surface area contributed by atoms with E-state index in [1.807, 2.05) is 6.92 Å². The molecule has 3 nitrogen and oxygen atoms in total. The van der Waals surface area contributed by atoms with Crippen molar-refractivity contribution in [1.29, 1.82) is 0 Å². The first-order chi connectivity index (χ1) is 5.90. The molecule has 0 radical (unpaired) electrons. The van der Waals surface area contributed by atoms with Crippen LogP contribution in [-0.4, -0.2) is 26.4 Å². The van der Waals surface area contributed by atoms with Gasteiger partial charge in [-0.1, -0.05) is 19.6 Å². The van der Waals surface area contributed by atoms with E-state index in [2.05, 4.69) is 24.6 Å². The molecule has 0 unspecified atom stereocenters. The SMILES string of the molecule is CCOC(=O)C1(N[Si](C)(C)C)CC1. The van der Waals surface area contributed by atoms with Gasteiger partial charge in [0.25, 0.3) is 0 Å². The van der Waals surface area contributed by atoms with Crippen molar-refractivity contribution >= 4 is 14.2 Å². The summed E-state index contributed by atoms with van der Waals surface area (Å²) in [5, 5.41) is 0. The summed E-state index contributed by atoms with van der Waals surface area (Å²) in [7, 11) is -1.37. The first-order valence-corrected chi connectivity index (χ1v) is 8.36. The molecule has 0 aromatic rings. The molecular weight excluding hydrogens is 182 g/mol. The second-order valence-corrected chi connectivity index (χ2v) is 9.43. The molecule has 0 spiro atoms. The smallest absolute Gasteiger partial charge is 0.325 e. The van der Waals surface area contributed by atoms with Gasteiger partial charge in [0.05, 0.1) is 6.61 Å². The molecule has 1 aliphatic carbocycles. The number of ether oxygens (including phenoxy) is 1. The van der Waals surface area contributed by atoms with Gasteiger partial charge in [0.2, 0.25) is 0 Å². The lowest BCUT2D eigenvalue weighted by molar-refractivity contribution is -0.146. The van der Waals surface area contributed by atoms with E-state index < -0.39 is 8.24 Å². The fourth-order valence-electron chi connectivity index (χ4n) is 1.49. The Morgan fingerprint density at radius 1 is 1.46 bits per heavy atom. The second-order valence-electron chi connectivity index (χ2n) is 4.68. The van der Waals surface area contributed by atoms with Crippen molar-refractivity contribution in [3.05, 3.63) is 0 Å². The molecule has 4 heteroatoms. The maximum absolute atomic E-state index is 11.5. The van der Waals surface area contributed by atoms with E-state index in [0.717, 1.165) is 12.8 Å². The van der Waals surface area contributed by atoms with Crippen molar-refractivity contribution in [3.63, 3.8) is 0 Å². The Morgan fingerprint density at radius 2 is 2.00 bits per heavy atom. The van der Waals surface area contributed by atoms with Crippen LogP contribution in [-0.2, 0) is 9.53 Å². The van der Waals surface area contributed by atoms with E-state index >= 15 is 0 Å². The van der Waals surface area contributed by atoms with E-state index in [1.54, 1.807) is 0 Å². The molecule has 1 N–H and O–H groups in total. The van der Waals surface area contributed by atoms with Gasteiger partial charge in [-0.25, -0.2) is 0 Å². The Hall–Kier alpha value is -0.353. The molecule has 1 rings (SSSR count). The van der Waals surface area contributed by atoms with Crippen LogP contribution in [0.15, 0.2) is 0 Å². The Bertz CT molecular complexity index is 206. The monoisotopic (exact) mass is 201 g/mol. The summed E-state index contributed by atoms with van der Waals surface area (Å²) in [6.45, 7) is 8.93. The molecule has 76 valence electrons. The highest BCUT2D eigenvalue weighted by Crippen LogP contribution is 2.37. The van der Waals surface area contributed by atoms with Crippen molar-refractivity contribution in [3.8, 4) is 0 Å². The van der Waals surface area contributed by atoms with E-state index in [0.29, 0.717) is 6.61 Å². The Balaban J connectivity index is 2.52. The molecule has 13 heavy (non-hydrogen) atoms. The predicted molar refractivity (Wildman–Crippen MR) is 55.1 cm³/mol. The lowest BCUT2D eigenvalue weighted by Crippen LogP contribution is -2.53. The highest BCUT2D eigenvalue weighted by atomic mass is 28.3. The number of carbonyl (C=O) groups excluding carboxylic acids is 1. The molecule has 1 aliphatic rings. The summed E-state index contributed by atoms with van der Waals surface area (Å²) >= 11 is 0. The van der Waals surface area contributed by atoms with Crippen LogP contribution in [0.25, 0.3) is 0 Å². The summed E-state index contributed by atoms with van der Waals surface area (Å²) in [5.41, 5.74) is -0.305. The van der Waals surface area contributed by atoms with Gasteiger partial charge in [0.1, 0.15) is 13.8 Å². The zero-order valence-corrected chi connectivity index (χ0v) is 9.94. The molecule has 0 aromatic heterocycles. The van der Waals surface area contributed by atoms with Crippen LogP contribution in [0.1, 0.15) is 19.8 Å². The largest absolute Gasteiger partial charge is 0.465 e. The number of esters is 1. The van der Waals surface area contributed by atoms with Gasteiger partial charge in [-0.3, -0.25) is 4.79 Å². The summed E-state index contributed by atoms with van der Waals surface area (Å²) in [5.74, 6) is -0.0579. The highest BCUT2D eigenvalue weighted by molar-refractivity contribution is 6.74. The molecular formula is C9H19NO2Si. The number of hydrogen-bond acceptors (Lipinski definition) is 3. The number of carbonyl (C=O) groups is 1. The molecule has 0 heterocycles. The highest BCUT2D eigenvalue weighted by Gasteiger charge is 2.52. The quantitative estimate of drug-likeness (QED) is 0.553. The van der Waals surface area contributed by atoms with Gasteiger partial charge in [0.15, 0.2) is 0 Å². The van der Waals surface area contributed by atoms with Gasteiger partial charge in [0, 0.05) is 0 Å². The van der Waals surface area contributed by atoms with Crippen LogP contribution < -0.4 is 4.98 Å². The number of hydrogen-bond donors (Lipinski definition) is 1. The number of rotatable bonds is 4. The number of nitrogens with one attached hydrogen (secondary N) is 1. The van der Waals surface area contributed by atoms with Crippen LogP contribution in [0.3, 0.4) is 0 Å². The third-order valence-corrected chi connectivity index (χ3v) is 3.26. The minimum absolute atomic E-state index is 0.0579. The molecule has 0 bridgehead atoms. The zero-order chi connectivity index (χ0) is 10.1. The van der Waals surface area contributed by atoms with Crippen molar-refractivity contribution in [2.75, 3.05) is 6.61 Å². The summed E-state index contributed by atoms with van der Waals surface area (Å²) in [6.07, 6.45) is 1.88. The van der Waals surface area contributed by atoms with Crippen molar-refractivity contribution in [2.45, 2.75) is 44.9 Å². The van der Waals surface area contributed by atoms with Crippen molar-refractivity contribution < 1.29 is 9.53 Å². The predicted octanol–water partition coefficient (Wildman–Crippen LogP) is 1.51. The lowest BCUT2D eigenvalue weighted by Gasteiger charge is -2.25. The molecule has 0 aliphatic heterocycles. The Labute approximate surface area is 80.9 Å². The average molecular weight is 201 g/mol. The molecule has 1 fully saturated rings. The van der Waals surface area contributed by atoms with E-state index in [9.17, 15) is 4.79 Å². The maximum Gasteiger partial charge on any atom is 0.325 e. The third-order valence-electron chi connectivity index (χ3n) is 2.03. The van der Waals surface area contributed by atoms with E-state index in [-0.39, 0.29) is 11.5 Å². The topological polar surface area (TPSA) is 38.3 Å². The molecule has 0 atom stereocenters. The summed E-state index contributed by atoms with van der Waals surface area (Å²) in [4.78, 5) is 15.0. The normalized spacial score (nSPS) is 19.7. The molecule has 0 aromatic carbocycles. The van der Waals surface area contributed by atoms with Crippen LogP contribution >= 0.6 is 0 Å².